The number of hydrogen-bond donors (Lipinski definition) is 2. The number of carbonyl (C=O) groups excluding carboxylic acids is 1. The zero-order valence-corrected chi connectivity index (χ0v) is 12.9. The van der Waals surface area contributed by atoms with Crippen molar-refractivity contribution in [1.29, 1.82) is 0 Å². The maximum Gasteiger partial charge on any atom is 0.270 e. The molecule has 3 N–H and O–H groups in total. The highest BCUT2D eigenvalue weighted by atomic mass is 32.1. The minimum Gasteiger partial charge on any atom is -0.491 e. The normalized spacial score (nSPS) is 10.7. The number of hydrogen-bond acceptors (Lipinski definition) is 5. The van der Waals surface area contributed by atoms with Crippen LogP contribution in [0.2, 0.25) is 0 Å². The summed E-state index contributed by atoms with van der Waals surface area (Å²) in [6.45, 7) is 4.84. The summed E-state index contributed by atoms with van der Waals surface area (Å²) in [5.74, 6) is 0.633. The van der Waals surface area contributed by atoms with Crippen LogP contribution in [0.15, 0.2) is 29.6 Å². The smallest absolute Gasteiger partial charge is 0.270 e. The van der Waals surface area contributed by atoms with Gasteiger partial charge in [-0.05, 0) is 38.1 Å². The van der Waals surface area contributed by atoms with E-state index in [4.69, 9.17) is 10.5 Å². The molecular weight excluding hydrogens is 286 g/mol. The number of nitrogens with zero attached hydrogens (tertiary/aromatic N) is 1. The molecule has 1 heterocycles. The fraction of sp³-hybridized carbons (Fsp3) is 0.333. The molecule has 0 fully saturated rings. The van der Waals surface area contributed by atoms with Crippen LogP contribution in [0.25, 0.3) is 10.6 Å². The average molecular weight is 305 g/mol. The van der Waals surface area contributed by atoms with E-state index in [1.165, 1.54) is 11.3 Å². The molecule has 0 aliphatic heterocycles. The highest BCUT2D eigenvalue weighted by molar-refractivity contribution is 7.13. The van der Waals surface area contributed by atoms with Gasteiger partial charge >= 0.3 is 0 Å². The Morgan fingerprint density at radius 1 is 1.38 bits per heavy atom. The third kappa shape index (κ3) is 4.27. The van der Waals surface area contributed by atoms with Gasteiger partial charge in [0.1, 0.15) is 16.5 Å². The van der Waals surface area contributed by atoms with Crippen molar-refractivity contribution in [3.63, 3.8) is 0 Å². The third-order valence-corrected chi connectivity index (χ3v) is 3.53. The van der Waals surface area contributed by atoms with E-state index in [1.54, 1.807) is 5.38 Å². The predicted octanol–water partition coefficient (Wildman–Crippen LogP) is 2.29. The highest BCUT2D eigenvalue weighted by Crippen LogP contribution is 2.26. The average Bonchev–Trinajstić information content (AvgIpc) is 2.95. The minimum absolute atomic E-state index is 0.147. The molecule has 0 aliphatic carbocycles. The number of benzene rings is 1. The van der Waals surface area contributed by atoms with Gasteiger partial charge in [-0.1, -0.05) is 0 Å². The topological polar surface area (TPSA) is 77.2 Å². The van der Waals surface area contributed by atoms with Gasteiger partial charge in [-0.25, -0.2) is 4.98 Å². The lowest BCUT2D eigenvalue weighted by Crippen LogP contribution is -2.29. The van der Waals surface area contributed by atoms with E-state index >= 15 is 0 Å². The van der Waals surface area contributed by atoms with E-state index in [-0.39, 0.29) is 12.0 Å². The van der Waals surface area contributed by atoms with Crippen LogP contribution >= 0.6 is 11.3 Å². The Morgan fingerprint density at radius 3 is 2.71 bits per heavy atom. The summed E-state index contributed by atoms with van der Waals surface area (Å²) in [6, 6.07) is 7.70. The summed E-state index contributed by atoms with van der Waals surface area (Å²) < 4.78 is 5.60. The van der Waals surface area contributed by atoms with Gasteiger partial charge in [0.25, 0.3) is 5.91 Å². The van der Waals surface area contributed by atoms with Crippen molar-refractivity contribution in [3.05, 3.63) is 35.3 Å². The van der Waals surface area contributed by atoms with Gasteiger partial charge < -0.3 is 15.8 Å². The molecule has 112 valence electrons. The van der Waals surface area contributed by atoms with Crippen LogP contribution in [0.4, 0.5) is 0 Å². The van der Waals surface area contributed by atoms with E-state index in [1.807, 2.05) is 38.1 Å². The summed E-state index contributed by atoms with van der Waals surface area (Å²) in [4.78, 5) is 16.1. The maximum atomic E-state index is 11.8. The summed E-state index contributed by atoms with van der Waals surface area (Å²) >= 11 is 1.44. The second-order valence-corrected chi connectivity index (χ2v) is 5.63. The van der Waals surface area contributed by atoms with Gasteiger partial charge in [-0.2, -0.15) is 0 Å². The molecule has 2 aromatic rings. The number of ether oxygens (including phenoxy) is 1. The molecule has 1 amide bonds. The fourth-order valence-electron chi connectivity index (χ4n) is 1.74. The van der Waals surface area contributed by atoms with Crippen molar-refractivity contribution >= 4 is 17.2 Å². The quantitative estimate of drug-likeness (QED) is 0.858. The first-order valence-corrected chi connectivity index (χ1v) is 7.69. The lowest BCUT2D eigenvalue weighted by molar-refractivity contribution is 0.0950. The molecule has 6 heteroatoms. The Kier molecular flexibility index (Phi) is 5.30. The molecule has 5 nitrogen and oxygen atoms in total. The highest BCUT2D eigenvalue weighted by Gasteiger charge is 2.11. The van der Waals surface area contributed by atoms with Crippen LogP contribution in [0.3, 0.4) is 0 Å². The van der Waals surface area contributed by atoms with Crippen molar-refractivity contribution in [2.24, 2.45) is 5.73 Å². The second-order valence-electron chi connectivity index (χ2n) is 4.77. The lowest BCUT2D eigenvalue weighted by Gasteiger charge is -2.09. The van der Waals surface area contributed by atoms with E-state index in [9.17, 15) is 4.79 Å². The van der Waals surface area contributed by atoms with Crippen LogP contribution in [0.5, 0.6) is 5.75 Å². The molecule has 0 radical (unpaired) electrons. The Hall–Kier alpha value is -1.92. The number of thiazole rings is 1. The number of amides is 1. The van der Waals surface area contributed by atoms with Gasteiger partial charge in [0.05, 0.1) is 6.10 Å². The molecule has 0 saturated carbocycles. The summed E-state index contributed by atoms with van der Waals surface area (Å²) in [7, 11) is 0. The van der Waals surface area contributed by atoms with Crippen LogP contribution < -0.4 is 15.8 Å². The fourth-order valence-corrected chi connectivity index (χ4v) is 2.54. The predicted molar refractivity (Wildman–Crippen MR) is 84.7 cm³/mol. The molecule has 0 unspecified atom stereocenters. The second kappa shape index (κ2) is 7.19. The van der Waals surface area contributed by atoms with Crippen molar-refractivity contribution in [2.75, 3.05) is 13.1 Å². The Bertz CT molecular complexity index is 593. The van der Waals surface area contributed by atoms with E-state index < -0.39 is 0 Å². The molecule has 0 aliphatic rings. The standard InChI is InChI=1S/C15H19N3O2S/c1-10(2)20-12-5-3-11(4-6-12)15-18-13(9-21-15)14(19)17-8-7-16/h3-6,9-10H,7-8,16H2,1-2H3,(H,17,19). The largest absolute Gasteiger partial charge is 0.491 e. The van der Waals surface area contributed by atoms with Crippen molar-refractivity contribution in [3.8, 4) is 16.3 Å². The van der Waals surface area contributed by atoms with Crippen molar-refractivity contribution < 1.29 is 9.53 Å². The van der Waals surface area contributed by atoms with E-state index in [2.05, 4.69) is 10.3 Å². The molecule has 1 aromatic carbocycles. The van der Waals surface area contributed by atoms with Crippen LogP contribution in [0, 0.1) is 0 Å². The summed E-state index contributed by atoms with van der Waals surface area (Å²) in [6.07, 6.45) is 0.147. The van der Waals surface area contributed by atoms with E-state index in [0.717, 1.165) is 16.3 Å². The molecule has 0 saturated heterocycles. The molecular formula is C15H19N3O2S. The number of rotatable bonds is 6. The molecule has 1 aromatic heterocycles. The molecule has 0 atom stereocenters. The summed E-state index contributed by atoms with van der Waals surface area (Å²) in [5, 5.41) is 5.26. The van der Waals surface area contributed by atoms with Crippen LogP contribution in [-0.2, 0) is 0 Å². The van der Waals surface area contributed by atoms with Gasteiger partial charge in [0.2, 0.25) is 0 Å². The monoisotopic (exact) mass is 305 g/mol. The molecule has 21 heavy (non-hydrogen) atoms. The number of nitrogens with one attached hydrogen (secondary N) is 1. The summed E-state index contributed by atoms with van der Waals surface area (Å²) in [5.41, 5.74) is 6.74. The number of aromatic nitrogens is 1. The minimum atomic E-state index is -0.192. The Labute approximate surface area is 128 Å². The molecule has 0 spiro atoms. The Morgan fingerprint density at radius 2 is 2.10 bits per heavy atom. The zero-order valence-electron chi connectivity index (χ0n) is 12.1. The van der Waals surface area contributed by atoms with Gasteiger partial charge in [-0.3, -0.25) is 4.79 Å². The first-order valence-electron chi connectivity index (χ1n) is 6.81. The van der Waals surface area contributed by atoms with E-state index in [0.29, 0.717) is 18.8 Å². The van der Waals surface area contributed by atoms with Crippen molar-refractivity contribution in [1.82, 2.24) is 10.3 Å². The third-order valence-electron chi connectivity index (χ3n) is 2.64. The zero-order chi connectivity index (χ0) is 15.2. The number of carbonyl (C=O) groups is 1. The van der Waals surface area contributed by atoms with Crippen LogP contribution in [-0.4, -0.2) is 30.1 Å². The van der Waals surface area contributed by atoms with Gasteiger partial charge in [0, 0.05) is 24.0 Å². The Balaban J connectivity index is 2.08. The first kappa shape index (κ1) is 15.5. The number of nitrogens with two attached hydrogens (primary N) is 1. The molecule has 0 bridgehead atoms. The first-order chi connectivity index (χ1) is 10.1. The lowest BCUT2D eigenvalue weighted by atomic mass is 10.2. The van der Waals surface area contributed by atoms with Crippen LogP contribution in [0.1, 0.15) is 24.3 Å². The van der Waals surface area contributed by atoms with Gasteiger partial charge in [-0.15, -0.1) is 11.3 Å². The molecule has 2 rings (SSSR count). The van der Waals surface area contributed by atoms with Crippen molar-refractivity contribution in [2.45, 2.75) is 20.0 Å². The SMILES string of the molecule is CC(C)Oc1ccc(-c2nc(C(=O)NCCN)cs2)cc1. The maximum absolute atomic E-state index is 11.8. The van der Waals surface area contributed by atoms with Gasteiger partial charge in [0.15, 0.2) is 0 Å².